The Morgan fingerprint density at radius 3 is 1.53 bits per heavy atom. The van der Waals surface area contributed by atoms with Crippen molar-refractivity contribution in [3.63, 3.8) is 0 Å². The summed E-state index contributed by atoms with van der Waals surface area (Å²) in [5.74, 6) is -3.53. The first-order valence-electron chi connectivity index (χ1n) is 38.6. The van der Waals surface area contributed by atoms with Crippen LogP contribution in [0.4, 0.5) is 0 Å². The van der Waals surface area contributed by atoms with E-state index in [0.29, 0.717) is 83.2 Å². The first-order chi connectivity index (χ1) is 48.1. The number of unbranched alkanes of at least 4 members (excludes halogenated alkanes) is 4. The molecule has 2 saturated carbocycles. The smallest absolute Gasteiger partial charge is 0.308 e. The summed E-state index contributed by atoms with van der Waals surface area (Å²) in [6.45, 7) is 24.6. The number of Topliss-reactive ketones (excluding diaryl/α,β-unsaturated/α-hetero) is 4. The standard InChI is InChI=1S/C61H115N11O8.C16H24N2O3/c1-10-13-16-43-18-22-45(23-19-43)41-70-53(75)36-47(39-59(4,5)51(73)37-49(64)57(79)71-42-46-24-20-44(21-25-46)17-14-11-2)55(77)60(6,7)40-48(56(78)69-34-32-66-30-27-63)35-52(74)61(8,9)72-50(58(80)68-28-15-12-3)38-54(76)67-33-31-65-29-26-62;1-2-3-9-18-11-15(19)14(17)10-16(20)21-12-13-7-5-4-6-8-13/h43-50,65-66,72H,10-42,62-64H2,1-9H3,(H,67,76)(H,68,80)(H,69,78)(H,70,75)(H,71,79);4-8,14,18H,2-3,9-12,17H2,1H3. The van der Waals surface area contributed by atoms with Crippen molar-refractivity contribution >= 4 is 58.6 Å². The Kier molecular flexibility index (Phi) is 46.7. The largest absolute Gasteiger partial charge is 0.461 e. The second-order valence-electron chi connectivity index (χ2n) is 30.4. The van der Waals surface area contributed by atoms with Crippen LogP contribution < -0.4 is 70.8 Å². The van der Waals surface area contributed by atoms with Gasteiger partial charge in [0.2, 0.25) is 29.5 Å². The first kappa shape index (κ1) is 91.5. The van der Waals surface area contributed by atoms with Gasteiger partial charge >= 0.3 is 5.97 Å². The van der Waals surface area contributed by atoms with Gasteiger partial charge in [0.05, 0.1) is 43.1 Å². The molecule has 101 heavy (non-hydrogen) atoms. The summed E-state index contributed by atoms with van der Waals surface area (Å²) in [4.78, 5) is 136. The lowest BCUT2D eigenvalue weighted by Crippen LogP contribution is -2.58. The maximum absolute atomic E-state index is 15.3. The van der Waals surface area contributed by atoms with Crippen molar-refractivity contribution in [2.24, 2.45) is 69.3 Å². The molecule has 2 aliphatic carbocycles. The number of nitrogens with two attached hydrogens (primary N) is 4. The van der Waals surface area contributed by atoms with Crippen LogP contribution in [-0.2, 0) is 59.3 Å². The molecule has 0 bridgehead atoms. The van der Waals surface area contributed by atoms with E-state index < -0.39 is 75.8 Å². The summed E-state index contributed by atoms with van der Waals surface area (Å²) in [6, 6.07) is 6.40. The van der Waals surface area contributed by atoms with E-state index in [0.717, 1.165) is 95.1 Å². The second kappa shape index (κ2) is 51.5. The fourth-order valence-electron chi connectivity index (χ4n) is 13.3. The number of nitrogens with one attached hydrogen (secondary N) is 9. The van der Waals surface area contributed by atoms with E-state index in [4.69, 9.17) is 27.7 Å². The quantitative estimate of drug-likeness (QED) is 0.0253. The van der Waals surface area contributed by atoms with E-state index in [9.17, 15) is 43.2 Å². The molecule has 1 aromatic rings. The maximum atomic E-state index is 15.3. The van der Waals surface area contributed by atoms with Crippen LogP contribution in [0.15, 0.2) is 30.3 Å². The maximum Gasteiger partial charge on any atom is 0.308 e. The predicted molar refractivity (Wildman–Crippen MR) is 402 cm³/mol. The highest BCUT2D eigenvalue weighted by molar-refractivity contribution is 5.96. The molecule has 0 radical (unpaired) electrons. The van der Waals surface area contributed by atoms with Crippen LogP contribution in [0.1, 0.15) is 235 Å². The number of ketones is 4. The SMILES string of the molecule is CCCCNC(=O)C(CC(=O)NCCNCCN)NC(C)(C)C(=O)CC(CC(C)(C)C(=O)C(CC(=O)NCC1CCC(CCCC)CC1)CC(C)(C)C(=O)CC(N)C(=O)NCC1CCC(CCCC)CC1)C(=O)NCCNCCN.CCCCNCC(=O)C(N)CC(=O)OCc1ccccc1. The third-order valence-electron chi connectivity index (χ3n) is 20.0. The molecule has 5 unspecified atom stereocenters. The van der Waals surface area contributed by atoms with E-state index >= 15 is 4.79 Å². The minimum Gasteiger partial charge on any atom is -0.461 e. The summed E-state index contributed by atoms with van der Waals surface area (Å²) in [6.07, 6.45) is 18.4. The highest BCUT2D eigenvalue weighted by atomic mass is 16.5. The lowest BCUT2D eigenvalue weighted by Gasteiger charge is -2.36. The molecule has 3 rings (SSSR count). The van der Waals surface area contributed by atoms with Gasteiger partial charge < -0.3 is 70.2 Å². The van der Waals surface area contributed by atoms with E-state index in [1.54, 1.807) is 41.5 Å². The van der Waals surface area contributed by atoms with Crippen molar-refractivity contribution in [2.45, 2.75) is 260 Å². The highest BCUT2D eigenvalue weighted by Crippen LogP contribution is 2.39. The Morgan fingerprint density at radius 2 is 0.980 bits per heavy atom. The predicted octanol–water partition coefficient (Wildman–Crippen LogP) is 6.26. The summed E-state index contributed by atoms with van der Waals surface area (Å²) >= 11 is 0. The van der Waals surface area contributed by atoms with Crippen LogP contribution in [0.3, 0.4) is 0 Å². The van der Waals surface area contributed by atoms with Gasteiger partial charge in [-0.25, -0.2) is 0 Å². The molecule has 0 saturated heterocycles. The lowest BCUT2D eigenvalue weighted by molar-refractivity contribution is -0.146. The molecule has 0 spiro atoms. The number of rotatable bonds is 54. The number of carbonyl (C=O) groups excluding carboxylic acids is 10. The number of hydrogen-bond acceptors (Lipinski definition) is 19. The molecule has 17 N–H and O–H groups in total. The second-order valence-corrected chi connectivity index (χ2v) is 30.4. The van der Waals surface area contributed by atoms with Gasteiger partial charge in [0.1, 0.15) is 18.2 Å². The Labute approximate surface area is 606 Å². The molecule has 5 amide bonds. The molecule has 0 heterocycles. The van der Waals surface area contributed by atoms with E-state index in [2.05, 4.69) is 68.6 Å². The Hall–Kier alpha value is -5.60. The van der Waals surface area contributed by atoms with Crippen molar-refractivity contribution in [2.75, 3.05) is 85.1 Å². The third kappa shape index (κ3) is 39.2. The average Bonchev–Trinajstić information content (AvgIpc) is 0.814. The summed E-state index contributed by atoms with van der Waals surface area (Å²) < 4.78 is 5.10. The number of esters is 1. The number of ether oxygens (including phenoxy) is 1. The van der Waals surface area contributed by atoms with Crippen LogP contribution in [0, 0.1) is 46.3 Å². The first-order valence-corrected chi connectivity index (χ1v) is 38.6. The minimum absolute atomic E-state index is 0.0152. The zero-order valence-electron chi connectivity index (χ0n) is 64.0. The number of amides is 5. The van der Waals surface area contributed by atoms with Crippen LogP contribution >= 0.6 is 0 Å². The molecule has 578 valence electrons. The third-order valence-corrected chi connectivity index (χ3v) is 20.0. The van der Waals surface area contributed by atoms with Gasteiger partial charge in [-0.3, -0.25) is 53.3 Å². The summed E-state index contributed by atoms with van der Waals surface area (Å²) in [5.41, 5.74) is 20.4. The van der Waals surface area contributed by atoms with Gasteiger partial charge in [0.25, 0.3) is 0 Å². The van der Waals surface area contributed by atoms with Crippen molar-refractivity contribution in [1.29, 1.82) is 0 Å². The van der Waals surface area contributed by atoms with Gasteiger partial charge in [0.15, 0.2) is 11.6 Å². The van der Waals surface area contributed by atoms with Crippen molar-refractivity contribution < 1.29 is 52.7 Å². The zero-order chi connectivity index (χ0) is 75.2. The van der Waals surface area contributed by atoms with Gasteiger partial charge in [0, 0.05) is 114 Å². The molecular weight excluding hydrogens is 1280 g/mol. The fourth-order valence-corrected chi connectivity index (χ4v) is 13.3. The average molecular weight is 1420 g/mol. The van der Waals surface area contributed by atoms with Crippen LogP contribution in [-0.4, -0.2) is 167 Å². The Morgan fingerprint density at radius 1 is 0.475 bits per heavy atom. The molecule has 5 atom stereocenters. The number of hydrogen-bond donors (Lipinski definition) is 13. The lowest BCUT2D eigenvalue weighted by atomic mass is 9.68. The van der Waals surface area contributed by atoms with Gasteiger partial charge in [-0.1, -0.05) is 163 Å². The molecule has 0 aliphatic heterocycles. The van der Waals surface area contributed by atoms with Crippen LogP contribution in [0.5, 0.6) is 0 Å². The minimum atomic E-state index is -1.42. The van der Waals surface area contributed by atoms with E-state index in [1.807, 2.05) is 37.3 Å². The Bertz CT molecular complexity index is 2580. The zero-order valence-corrected chi connectivity index (χ0v) is 64.0. The normalized spacial score (nSPS) is 17.9. The summed E-state index contributed by atoms with van der Waals surface area (Å²) in [7, 11) is 0. The molecular formula is C77H139N13O11. The van der Waals surface area contributed by atoms with Gasteiger partial charge in [-0.15, -0.1) is 0 Å². The molecule has 0 aromatic heterocycles. The monoisotopic (exact) mass is 1420 g/mol. The van der Waals surface area contributed by atoms with Gasteiger partial charge in [-0.05, 0) is 101 Å². The molecule has 1 aromatic carbocycles. The van der Waals surface area contributed by atoms with Crippen LogP contribution in [0.2, 0.25) is 0 Å². The van der Waals surface area contributed by atoms with Crippen molar-refractivity contribution in [1.82, 2.24) is 47.9 Å². The summed E-state index contributed by atoms with van der Waals surface area (Å²) in [5, 5.41) is 27.2. The number of benzene rings is 1. The topological polar surface area (TPSA) is 392 Å². The molecule has 24 nitrogen and oxygen atoms in total. The fraction of sp³-hybridized carbons (Fsp3) is 0.792. The van der Waals surface area contributed by atoms with Crippen LogP contribution in [0.25, 0.3) is 0 Å². The van der Waals surface area contributed by atoms with Gasteiger partial charge in [-0.2, -0.15) is 0 Å². The van der Waals surface area contributed by atoms with E-state index in [1.165, 1.54) is 38.5 Å². The van der Waals surface area contributed by atoms with Crippen molar-refractivity contribution in [3.8, 4) is 0 Å². The number of carbonyl (C=O) groups is 10. The van der Waals surface area contributed by atoms with Crippen molar-refractivity contribution in [3.05, 3.63) is 35.9 Å². The Balaban J connectivity index is 0.00000140. The van der Waals surface area contributed by atoms with E-state index in [-0.39, 0.29) is 93.8 Å². The highest BCUT2D eigenvalue weighted by Gasteiger charge is 2.44. The molecule has 24 heteroatoms. The molecule has 2 aliphatic rings. The molecule has 2 fully saturated rings.